The summed E-state index contributed by atoms with van der Waals surface area (Å²) in [5.41, 5.74) is 2.80. The topological polar surface area (TPSA) is 34.9 Å². The van der Waals surface area contributed by atoms with Crippen LogP contribution >= 0.6 is 0 Å². The molecule has 0 radical (unpaired) electrons. The van der Waals surface area contributed by atoms with Crippen LogP contribution in [-0.2, 0) is 13.5 Å². The quantitative estimate of drug-likeness (QED) is 0.690. The zero-order valence-corrected chi connectivity index (χ0v) is 11.9. The molecule has 106 valence electrons. The summed E-state index contributed by atoms with van der Waals surface area (Å²) in [6.45, 7) is 1.84. The van der Waals surface area contributed by atoms with E-state index in [0.717, 1.165) is 16.6 Å². The van der Waals surface area contributed by atoms with Crippen molar-refractivity contribution in [2.24, 2.45) is 7.05 Å². The predicted molar refractivity (Wildman–Crippen MR) is 79.9 cm³/mol. The second kappa shape index (κ2) is 5.13. The maximum atomic E-state index is 13.8. The van der Waals surface area contributed by atoms with Crippen LogP contribution in [0.3, 0.4) is 0 Å². The Kier molecular flexibility index (Phi) is 3.29. The molecule has 4 heteroatoms. The fourth-order valence-electron chi connectivity index (χ4n) is 2.45. The molecule has 3 aromatic rings. The molecule has 0 spiro atoms. The van der Waals surface area contributed by atoms with Crippen LogP contribution in [0.15, 0.2) is 42.5 Å². The normalized spacial score (nSPS) is 11.0. The number of hydrogen-bond acceptors (Lipinski definition) is 2. The highest BCUT2D eigenvalue weighted by atomic mass is 19.1. The van der Waals surface area contributed by atoms with Crippen LogP contribution in [0.25, 0.3) is 11.0 Å². The minimum Gasteiger partial charge on any atom is -0.331 e. The lowest BCUT2D eigenvalue weighted by molar-refractivity contribution is 0.0986. The number of Topliss-reactive ketones (excluding diaryl/α,β-unsaturated/α-hetero) is 1. The summed E-state index contributed by atoms with van der Waals surface area (Å²) in [5.74, 6) is -0.0962. The minimum atomic E-state index is -0.482. The van der Waals surface area contributed by atoms with Gasteiger partial charge in [-0.3, -0.25) is 4.79 Å². The molecule has 0 amide bonds. The van der Waals surface area contributed by atoms with Gasteiger partial charge in [-0.25, -0.2) is 9.37 Å². The highest BCUT2D eigenvalue weighted by Gasteiger charge is 2.16. The Morgan fingerprint density at radius 2 is 2.00 bits per heavy atom. The molecule has 0 aliphatic rings. The van der Waals surface area contributed by atoms with E-state index < -0.39 is 5.82 Å². The lowest BCUT2D eigenvalue weighted by atomic mass is 10.0. The van der Waals surface area contributed by atoms with Crippen molar-refractivity contribution in [3.63, 3.8) is 0 Å². The molecule has 0 aliphatic carbocycles. The first-order chi connectivity index (χ1) is 10.1. The Morgan fingerprint density at radius 1 is 1.24 bits per heavy atom. The van der Waals surface area contributed by atoms with Crippen LogP contribution in [0, 0.1) is 12.7 Å². The number of hydrogen-bond donors (Lipinski definition) is 0. The molecule has 2 aromatic carbocycles. The van der Waals surface area contributed by atoms with E-state index in [2.05, 4.69) is 4.98 Å². The van der Waals surface area contributed by atoms with E-state index in [0.29, 0.717) is 5.82 Å². The molecule has 0 aliphatic heterocycles. The van der Waals surface area contributed by atoms with E-state index in [4.69, 9.17) is 0 Å². The Hall–Kier alpha value is -2.49. The summed E-state index contributed by atoms with van der Waals surface area (Å²) in [6, 6.07) is 12.2. The second-order valence-electron chi connectivity index (χ2n) is 5.16. The van der Waals surface area contributed by atoms with Crippen LogP contribution in [0.2, 0.25) is 0 Å². The van der Waals surface area contributed by atoms with Crippen molar-refractivity contribution in [2.45, 2.75) is 13.3 Å². The molecule has 3 rings (SSSR count). The first-order valence-corrected chi connectivity index (χ1v) is 6.76. The molecule has 1 heterocycles. The number of carbonyl (C=O) groups excluding carboxylic acids is 1. The van der Waals surface area contributed by atoms with Crippen molar-refractivity contribution in [2.75, 3.05) is 0 Å². The Balaban J connectivity index is 1.96. The van der Waals surface area contributed by atoms with Gasteiger partial charge in [-0.05, 0) is 31.2 Å². The monoisotopic (exact) mass is 282 g/mol. The van der Waals surface area contributed by atoms with Gasteiger partial charge in [-0.1, -0.05) is 23.8 Å². The van der Waals surface area contributed by atoms with E-state index in [1.807, 2.05) is 42.8 Å². The SMILES string of the molecule is Cc1ccc(F)c(C(=O)Cc2nc3ccccc3n2C)c1. The number of imidazole rings is 1. The van der Waals surface area contributed by atoms with Gasteiger partial charge >= 0.3 is 0 Å². The highest BCUT2D eigenvalue weighted by Crippen LogP contribution is 2.17. The summed E-state index contributed by atoms with van der Waals surface area (Å²) in [7, 11) is 1.87. The fraction of sp³-hybridized carbons (Fsp3) is 0.176. The third kappa shape index (κ3) is 2.44. The van der Waals surface area contributed by atoms with Crippen molar-refractivity contribution in [1.82, 2.24) is 9.55 Å². The number of aromatic nitrogens is 2. The number of fused-ring (bicyclic) bond motifs is 1. The average Bonchev–Trinajstić information content (AvgIpc) is 2.78. The van der Waals surface area contributed by atoms with Crippen LogP contribution in [0.4, 0.5) is 4.39 Å². The van der Waals surface area contributed by atoms with E-state index in [1.165, 1.54) is 6.07 Å². The van der Waals surface area contributed by atoms with Crippen molar-refractivity contribution >= 4 is 16.8 Å². The summed E-state index contributed by atoms with van der Waals surface area (Å²) in [4.78, 5) is 16.8. The van der Waals surface area contributed by atoms with Gasteiger partial charge in [0.15, 0.2) is 5.78 Å². The van der Waals surface area contributed by atoms with Crippen LogP contribution < -0.4 is 0 Å². The maximum Gasteiger partial charge on any atom is 0.173 e. The van der Waals surface area contributed by atoms with Crippen molar-refractivity contribution in [3.05, 3.63) is 65.2 Å². The van der Waals surface area contributed by atoms with Gasteiger partial charge < -0.3 is 4.57 Å². The molecular weight excluding hydrogens is 267 g/mol. The molecule has 0 saturated heterocycles. The number of ketones is 1. The van der Waals surface area contributed by atoms with E-state index in [9.17, 15) is 9.18 Å². The molecule has 0 atom stereocenters. The van der Waals surface area contributed by atoms with Gasteiger partial charge in [-0.2, -0.15) is 0 Å². The first-order valence-electron chi connectivity index (χ1n) is 6.76. The van der Waals surface area contributed by atoms with Crippen LogP contribution in [0.5, 0.6) is 0 Å². The number of para-hydroxylation sites is 2. The van der Waals surface area contributed by atoms with Gasteiger partial charge in [0, 0.05) is 7.05 Å². The maximum absolute atomic E-state index is 13.8. The average molecular weight is 282 g/mol. The smallest absolute Gasteiger partial charge is 0.173 e. The largest absolute Gasteiger partial charge is 0.331 e. The molecule has 1 aromatic heterocycles. The molecule has 0 bridgehead atoms. The number of halogens is 1. The third-order valence-electron chi connectivity index (χ3n) is 3.62. The zero-order valence-electron chi connectivity index (χ0n) is 11.9. The predicted octanol–water partition coefficient (Wildman–Crippen LogP) is 3.45. The summed E-state index contributed by atoms with van der Waals surface area (Å²) in [5, 5.41) is 0. The molecule has 0 N–H and O–H groups in total. The Bertz CT molecular complexity index is 836. The van der Waals surface area contributed by atoms with Crippen molar-refractivity contribution < 1.29 is 9.18 Å². The van der Waals surface area contributed by atoms with Crippen molar-refractivity contribution in [3.8, 4) is 0 Å². The fourth-order valence-corrected chi connectivity index (χ4v) is 2.45. The number of carbonyl (C=O) groups is 1. The van der Waals surface area contributed by atoms with E-state index in [-0.39, 0.29) is 17.8 Å². The number of aryl methyl sites for hydroxylation is 2. The lowest BCUT2D eigenvalue weighted by Crippen LogP contribution is -2.10. The number of benzene rings is 2. The lowest BCUT2D eigenvalue weighted by Gasteiger charge is -2.04. The Labute approximate surface area is 122 Å². The molecule has 3 nitrogen and oxygen atoms in total. The van der Waals surface area contributed by atoms with Crippen molar-refractivity contribution in [1.29, 1.82) is 0 Å². The Morgan fingerprint density at radius 3 is 2.76 bits per heavy atom. The van der Waals surface area contributed by atoms with Gasteiger partial charge in [-0.15, -0.1) is 0 Å². The highest BCUT2D eigenvalue weighted by molar-refractivity contribution is 5.98. The molecule has 0 fully saturated rings. The van der Waals surface area contributed by atoms with E-state index >= 15 is 0 Å². The standard InChI is InChI=1S/C17H15FN2O/c1-11-7-8-13(18)12(9-11)16(21)10-17-19-14-5-3-4-6-15(14)20(17)2/h3-9H,10H2,1-2H3. The summed E-state index contributed by atoms with van der Waals surface area (Å²) in [6.07, 6.45) is 0.0888. The molecule has 0 saturated carbocycles. The molecular formula is C17H15FN2O. The second-order valence-corrected chi connectivity index (χ2v) is 5.16. The van der Waals surface area contributed by atoms with Crippen LogP contribution in [0.1, 0.15) is 21.7 Å². The number of nitrogens with zero attached hydrogens (tertiary/aromatic N) is 2. The summed E-state index contributed by atoms with van der Waals surface area (Å²) < 4.78 is 15.7. The number of rotatable bonds is 3. The van der Waals surface area contributed by atoms with Gasteiger partial charge in [0.05, 0.1) is 23.0 Å². The van der Waals surface area contributed by atoms with Crippen LogP contribution in [-0.4, -0.2) is 15.3 Å². The summed E-state index contributed by atoms with van der Waals surface area (Å²) >= 11 is 0. The zero-order chi connectivity index (χ0) is 15.0. The minimum absolute atomic E-state index is 0.0888. The third-order valence-corrected chi connectivity index (χ3v) is 3.62. The molecule has 21 heavy (non-hydrogen) atoms. The van der Waals surface area contributed by atoms with Gasteiger partial charge in [0.1, 0.15) is 11.6 Å². The van der Waals surface area contributed by atoms with Gasteiger partial charge in [0.2, 0.25) is 0 Å². The molecule has 0 unspecified atom stereocenters. The van der Waals surface area contributed by atoms with E-state index in [1.54, 1.807) is 12.1 Å². The van der Waals surface area contributed by atoms with Gasteiger partial charge in [0.25, 0.3) is 0 Å². The first kappa shape index (κ1) is 13.5.